The second-order valence-electron chi connectivity index (χ2n) is 4.37. The van der Waals surface area contributed by atoms with Gasteiger partial charge in [-0.05, 0) is 31.2 Å². The second kappa shape index (κ2) is 1.80. The van der Waals surface area contributed by atoms with Gasteiger partial charge in [-0.2, -0.15) is 0 Å². The molecule has 2 aliphatic carbocycles. The first-order chi connectivity index (χ1) is 5.33. The van der Waals surface area contributed by atoms with Crippen LogP contribution in [-0.4, -0.2) is 37.7 Å². The average molecular weight is 153 g/mol. The van der Waals surface area contributed by atoms with Gasteiger partial charge in [0.1, 0.15) is 0 Å². The molecule has 3 fully saturated rings. The molecule has 3 rings (SSSR count). The molecule has 62 valence electrons. The SMILES string of the molecule is CO[C@H]1C2C[C@@H]3CN(C)[C@H]1[C@H]23. The Bertz CT molecular complexity index is 194. The van der Waals surface area contributed by atoms with E-state index >= 15 is 0 Å². The largest absolute Gasteiger partial charge is 0.380 e. The lowest BCUT2D eigenvalue weighted by Crippen LogP contribution is -2.64. The molecule has 0 radical (unpaired) electrons. The minimum absolute atomic E-state index is 0.573. The highest BCUT2D eigenvalue weighted by molar-refractivity contribution is 5.17. The Balaban J connectivity index is 1.85. The molecular formula is C9H15NO. The van der Waals surface area contributed by atoms with Gasteiger partial charge in [-0.3, -0.25) is 0 Å². The van der Waals surface area contributed by atoms with Gasteiger partial charge in [-0.25, -0.2) is 0 Å². The molecular weight excluding hydrogens is 138 g/mol. The maximum atomic E-state index is 5.48. The summed E-state index contributed by atoms with van der Waals surface area (Å²) in [6, 6.07) is 0.781. The van der Waals surface area contributed by atoms with Crippen molar-refractivity contribution in [1.82, 2.24) is 4.90 Å². The van der Waals surface area contributed by atoms with E-state index < -0.39 is 0 Å². The van der Waals surface area contributed by atoms with Crippen LogP contribution in [0, 0.1) is 17.8 Å². The third-order valence-electron chi connectivity index (χ3n) is 4.07. The molecule has 1 aliphatic heterocycles. The van der Waals surface area contributed by atoms with E-state index in [0.717, 1.165) is 23.8 Å². The van der Waals surface area contributed by atoms with Gasteiger partial charge < -0.3 is 9.64 Å². The van der Waals surface area contributed by atoms with Crippen LogP contribution in [0.5, 0.6) is 0 Å². The minimum Gasteiger partial charge on any atom is -0.380 e. The highest BCUT2D eigenvalue weighted by Crippen LogP contribution is 2.61. The Morgan fingerprint density at radius 3 is 3.00 bits per heavy atom. The predicted octanol–water partition coefficient (Wildman–Crippen LogP) is 0.581. The summed E-state index contributed by atoms with van der Waals surface area (Å²) in [5, 5.41) is 0. The summed E-state index contributed by atoms with van der Waals surface area (Å²) in [6.07, 6.45) is 2.01. The number of nitrogens with zero attached hydrogens (tertiary/aromatic N) is 1. The fourth-order valence-corrected chi connectivity index (χ4v) is 3.58. The number of hydrogen-bond donors (Lipinski definition) is 0. The van der Waals surface area contributed by atoms with E-state index in [-0.39, 0.29) is 0 Å². The van der Waals surface area contributed by atoms with E-state index in [4.69, 9.17) is 4.74 Å². The van der Waals surface area contributed by atoms with Crippen molar-refractivity contribution < 1.29 is 4.74 Å². The molecule has 1 unspecified atom stereocenters. The maximum Gasteiger partial charge on any atom is 0.0760 e. The molecule has 3 aliphatic rings. The Hall–Kier alpha value is -0.0800. The van der Waals surface area contributed by atoms with Gasteiger partial charge >= 0.3 is 0 Å². The third kappa shape index (κ3) is 0.541. The zero-order chi connectivity index (χ0) is 7.59. The summed E-state index contributed by atoms with van der Waals surface area (Å²) in [5.74, 6) is 2.98. The van der Waals surface area contributed by atoms with Crippen LogP contribution in [0.25, 0.3) is 0 Å². The van der Waals surface area contributed by atoms with Crippen LogP contribution in [0.2, 0.25) is 0 Å². The summed E-state index contributed by atoms with van der Waals surface area (Å²) in [5.41, 5.74) is 0. The zero-order valence-electron chi connectivity index (χ0n) is 7.16. The van der Waals surface area contributed by atoms with Crippen LogP contribution in [0.3, 0.4) is 0 Å². The minimum atomic E-state index is 0.573. The van der Waals surface area contributed by atoms with Gasteiger partial charge in [0, 0.05) is 19.7 Å². The van der Waals surface area contributed by atoms with Crippen LogP contribution in [-0.2, 0) is 4.74 Å². The first-order valence-electron chi connectivity index (χ1n) is 4.56. The van der Waals surface area contributed by atoms with Crippen LogP contribution in [0.1, 0.15) is 6.42 Å². The molecule has 0 amide bonds. The zero-order valence-corrected chi connectivity index (χ0v) is 7.16. The molecule has 2 heteroatoms. The number of ether oxygens (including phenoxy) is 1. The van der Waals surface area contributed by atoms with E-state index in [1.165, 1.54) is 13.0 Å². The third-order valence-corrected chi connectivity index (χ3v) is 4.07. The molecule has 1 saturated heterocycles. The van der Waals surface area contributed by atoms with Gasteiger partial charge in [0.15, 0.2) is 0 Å². The number of hydrogen-bond acceptors (Lipinski definition) is 2. The molecule has 0 N–H and O–H groups in total. The van der Waals surface area contributed by atoms with Crippen LogP contribution in [0.15, 0.2) is 0 Å². The van der Waals surface area contributed by atoms with Crippen LogP contribution >= 0.6 is 0 Å². The van der Waals surface area contributed by atoms with Crippen LogP contribution < -0.4 is 0 Å². The van der Waals surface area contributed by atoms with E-state index in [2.05, 4.69) is 11.9 Å². The highest BCUT2D eigenvalue weighted by Gasteiger charge is 2.66. The van der Waals surface area contributed by atoms with Crippen molar-refractivity contribution in [1.29, 1.82) is 0 Å². The van der Waals surface area contributed by atoms with Gasteiger partial charge in [0.25, 0.3) is 0 Å². The quantitative estimate of drug-likeness (QED) is 0.546. The summed E-state index contributed by atoms with van der Waals surface area (Å²) >= 11 is 0. The normalized spacial score (nSPS) is 60.0. The fourth-order valence-electron chi connectivity index (χ4n) is 3.58. The van der Waals surface area contributed by atoms with Crippen molar-refractivity contribution in [2.75, 3.05) is 20.7 Å². The predicted molar refractivity (Wildman–Crippen MR) is 42.3 cm³/mol. The van der Waals surface area contributed by atoms with Crippen molar-refractivity contribution >= 4 is 0 Å². The summed E-state index contributed by atoms with van der Waals surface area (Å²) in [4.78, 5) is 2.49. The lowest BCUT2D eigenvalue weighted by atomic mass is 9.51. The maximum absolute atomic E-state index is 5.48. The van der Waals surface area contributed by atoms with Gasteiger partial charge in [-0.1, -0.05) is 0 Å². The smallest absolute Gasteiger partial charge is 0.0760 e. The molecule has 0 aromatic rings. The average Bonchev–Trinajstić information content (AvgIpc) is 2.13. The van der Waals surface area contributed by atoms with E-state index in [9.17, 15) is 0 Å². The van der Waals surface area contributed by atoms with Gasteiger partial charge in [-0.15, -0.1) is 0 Å². The molecule has 2 nitrogen and oxygen atoms in total. The van der Waals surface area contributed by atoms with Crippen molar-refractivity contribution in [2.45, 2.75) is 18.6 Å². The number of likely N-dealkylation sites (tertiary alicyclic amines) is 1. The number of rotatable bonds is 1. The lowest BCUT2D eigenvalue weighted by Gasteiger charge is -2.58. The molecule has 0 bridgehead atoms. The van der Waals surface area contributed by atoms with Crippen molar-refractivity contribution in [3.63, 3.8) is 0 Å². The fraction of sp³-hybridized carbons (Fsp3) is 1.00. The van der Waals surface area contributed by atoms with Gasteiger partial charge in [0.05, 0.1) is 6.10 Å². The van der Waals surface area contributed by atoms with E-state index in [1.807, 2.05) is 7.11 Å². The highest BCUT2D eigenvalue weighted by atomic mass is 16.5. The van der Waals surface area contributed by atoms with Crippen LogP contribution in [0.4, 0.5) is 0 Å². The number of methoxy groups -OCH3 is 1. The second-order valence-corrected chi connectivity index (χ2v) is 4.37. The number of likely N-dealkylation sites (N-methyl/N-ethyl adjacent to an activating group) is 1. The molecule has 5 atom stereocenters. The molecule has 0 aromatic heterocycles. The van der Waals surface area contributed by atoms with Crippen molar-refractivity contribution in [2.24, 2.45) is 17.8 Å². The Morgan fingerprint density at radius 2 is 2.27 bits per heavy atom. The van der Waals surface area contributed by atoms with E-state index in [1.54, 1.807) is 0 Å². The standard InChI is InChI=1S/C9H15NO/c1-10-4-5-3-6-7(5)8(10)9(6)11-2/h5-9H,3-4H2,1-2H3/t5-,6?,7+,8+,9+/m1/s1. The molecule has 0 spiro atoms. The first kappa shape index (κ1) is 6.44. The Kier molecular flexibility index (Phi) is 1.06. The van der Waals surface area contributed by atoms with Gasteiger partial charge in [0.2, 0.25) is 0 Å². The molecule has 1 heterocycles. The first-order valence-corrected chi connectivity index (χ1v) is 4.56. The molecule has 11 heavy (non-hydrogen) atoms. The molecule has 0 aromatic carbocycles. The molecule has 2 saturated carbocycles. The lowest BCUT2D eigenvalue weighted by molar-refractivity contribution is -0.162. The van der Waals surface area contributed by atoms with Crippen molar-refractivity contribution in [3.8, 4) is 0 Å². The van der Waals surface area contributed by atoms with Crippen molar-refractivity contribution in [3.05, 3.63) is 0 Å². The summed E-state index contributed by atoms with van der Waals surface area (Å²) in [7, 11) is 4.10. The Labute approximate surface area is 67.5 Å². The van der Waals surface area contributed by atoms with E-state index in [0.29, 0.717) is 6.10 Å². The summed E-state index contributed by atoms with van der Waals surface area (Å²) < 4.78 is 5.48. The monoisotopic (exact) mass is 153 g/mol. The topological polar surface area (TPSA) is 12.5 Å². The Morgan fingerprint density at radius 1 is 1.45 bits per heavy atom. The summed E-state index contributed by atoms with van der Waals surface area (Å²) in [6.45, 7) is 1.33.